The molecule has 3 aromatic rings. The molecule has 1 unspecified atom stereocenters. The molecule has 2 aromatic carbocycles. The number of fused-ring (bicyclic) bond motifs is 1. The molecule has 0 amide bonds. The second kappa shape index (κ2) is 6.63. The second-order valence-electron chi connectivity index (χ2n) is 5.75. The maximum Gasteiger partial charge on any atom is 0.226 e. The lowest BCUT2D eigenvalue weighted by atomic mass is 10.0. The Kier molecular flexibility index (Phi) is 4.47. The number of nitrogens with zero attached hydrogens (tertiary/aromatic N) is 3. The molecule has 1 N–H and O–H groups in total. The first kappa shape index (κ1) is 16.9. The molecule has 4 nitrogen and oxygen atoms in total. The van der Waals surface area contributed by atoms with Crippen LogP contribution in [0.1, 0.15) is 23.0 Å². The highest BCUT2D eigenvalue weighted by molar-refractivity contribution is 14.1. The molecule has 4 rings (SSSR count). The van der Waals surface area contributed by atoms with Crippen molar-refractivity contribution in [2.24, 2.45) is 0 Å². The Balaban J connectivity index is 1.85. The Morgan fingerprint density at radius 1 is 1.12 bits per heavy atom. The van der Waals surface area contributed by atoms with Crippen molar-refractivity contribution in [1.82, 2.24) is 14.8 Å². The summed E-state index contributed by atoms with van der Waals surface area (Å²) < 4.78 is 3.04. The average molecular weight is 483 g/mol. The van der Waals surface area contributed by atoms with E-state index in [2.05, 4.69) is 68.3 Å². The number of halogens is 3. The van der Waals surface area contributed by atoms with Crippen LogP contribution in [0.25, 0.3) is 5.70 Å². The fourth-order valence-corrected chi connectivity index (χ4v) is 3.74. The van der Waals surface area contributed by atoms with E-state index in [0.29, 0.717) is 21.8 Å². The Morgan fingerprint density at radius 2 is 1.88 bits per heavy atom. The van der Waals surface area contributed by atoms with Crippen LogP contribution < -0.4 is 5.32 Å². The summed E-state index contributed by atoms with van der Waals surface area (Å²) in [6.07, 6.45) is 2.11. The average Bonchev–Trinajstić information content (AvgIpc) is 2.95. The van der Waals surface area contributed by atoms with Crippen LogP contribution in [-0.4, -0.2) is 14.8 Å². The minimum absolute atomic E-state index is 0.156. The van der Waals surface area contributed by atoms with E-state index in [1.54, 1.807) is 6.07 Å². The van der Waals surface area contributed by atoms with E-state index >= 15 is 0 Å². The maximum absolute atomic E-state index is 6.45. The van der Waals surface area contributed by atoms with E-state index in [9.17, 15) is 0 Å². The topological polar surface area (TPSA) is 42.7 Å². The van der Waals surface area contributed by atoms with E-state index in [0.717, 1.165) is 16.8 Å². The fourth-order valence-electron chi connectivity index (χ4n) is 2.86. The monoisotopic (exact) mass is 482 g/mol. The van der Waals surface area contributed by atoms with Gasteiger partial charge < -0.3 is 5.32 Å². The molecule has 0 bridgehead atoms. The summed E-state index contributed by atoms with van der Waals surface area (Å²) in [7, 11) is 0. The second-order valence-corrected chi connectivity index (χ2v) is 7.84. The molecule has 7 heteroatoms. The van der Waals surface area contributed by atoms with Crippen LogP contribution in [0.15, 0.2) is 48.5 Å². The number of nitrogens with one attached hydrogen (secondary N) is 1. The van der Waals surface area contributed by atoms with Crippen LogP contribution in [0.3, 0.4) is 0 Å². The van der Waals surface area contributed by atoms with Gasteiger partial charge in [-0.1, -0.05) is 41.4 Å². The van der Waals surface area contributed by atoms with Gasteiger partial charge in [-0.05, 0) is 71.0 Å². The lowest BCUT2D eigenvalue weighted by molar-refractivity contribution is 0.607. The van der Waals surface area contributed by atoms with Gasteiger partial charge in [-0.25, -0.2) is 4.68 Å². The summed E-state index contributed by atoms with van der Waals surface area (Å²) in [4.78, 5) is 4.50. The first-order chi connectivity index (χ1) is 12.0. The van der Waals surface area contributed by atoms with Crippen molar-refractivity contribution in [1.29, 1.82) is 0 Å². The van der Waals surface area contributed by atoms with Crippen molar-refractivity contribution in [2.75, 3.05) is 5.32 Å². The summed E-state index contributed by atoms with van der Waals surface area (Å²) in [6, 6.07) is 13.7. The largest absolute Gasteiger partial charge is 0.324 e. The lowest BCUT2D eigenvalue weighted by Gasteiger charge is -2.25. The molecule has 126 valence electrons. The molecule has 2 heterocycles. The number of hydrogen-bond acceptors (Lipinski definition) is 3. The molecule has 0 saturated heterocycles. The molecular formula is C18H13Cl2IN4. The Bertz CT molecular complexity index is 979. The van der Waals surface area contributed by atoms with Gasteiger partial charge in [0, 0.05) is 19.3 Å². The van der Waals surface area contributed by atoms with Crippen LogP contribution in [-0.2, 0) is 0 Å². The molecule has 0 aliphatic carbocycles. The summed E-state index contributed by atoms with van der Waals surface area (Å²) in [5, 5.41) is 9.10. The number of hydrogen-bond donors (Lipinski definition) is 1. The molecule has 0 fully saturated rings. The molecule has 1 aliphatic rings. The third kappa shape index (κ3) is 3.28. The first-order valence-electron chi connectivity index (χ1n) is 7.64. The van der Waals surface area contributed by atoms with E-state index in [4.69, 9.17) is 23.2 Å². The standard InChI is InChI=1S/C18H13Cl2IN4/c1-10-22-18-23-16(11-2-5-13(21)6-3-11)9-17(25(18)24-10)14-7-4-12(19)8-15(14)20/h2-9,17H,1H3,(H,22,23,24). The molecule has 0 radical (unpaired) electrons. The minimum Gasteiger partial charge on any atom is -0.324 e. The van der Waals surface area contributed by atoms with Gasteiger partial charge in [0.1, 0.15) is 11.9 Å². The molecular weight excluding hydrogens is 470 g/mol. The van der Waals surface area contributed by atoms with Gasteiger partial charge in [0.25, 0.3) is 0 Å². The molecule has 1 aliphatic heterocycles. The van der Waals surface area contributed by atoms with E-state index in [1.807, 2.05) is 23.7 Å². The molecule has 1 atom stereocenters. The Labute approximate surface area is 169 Å². The summed E-state index contributed by atoms with van der Waals surface area (Å²) in [6.45, 7) is 1.87. The minimum atomic E-state index is -0.156. The van der Waals surface area contributed by atoms with Crippen molar-refractivity contribution in [3.63, 3.8) is 0 Å². The third-order valence-corrected chi connectivity index (χ3v) is 5.29. The predicted octanol–water partition coefficient (Wildman–Crippen LogP) is 5.55. The lowest BCUT2D eigenvalue weighted by Crippen LogP contribution is -2.20. The fraction of sp³-hybridized carbons (Fsp3) is 0.111. The van der Waals surface area contributed by atoms with Gasteiger partial charge in [0.05, 0.1) is 0 Å². The van der Waals surface area contributed by atoms with Gasteiger partial charge in [-0.3, -0.25) is 0 Å². The van der Waals surface area contributed by atoms with Gasteiger partial charge in [-0.15, -0.1) is 0 Å². The summed E-state index contributed by atoms with van der Waals surface area (Å²) in [5.41, 5.74) is 3.00. The van der Waals surface area contributed by atoms with Crippen LogP contribution in [0.4, 0.5) is 5.95 Å². The maximum atomic E-state index is 6.45. The highest BCUT2D eigenvalue weighted by Crippen LogP contribution is 2.36. The number of anilines is 1. The van der Waals surface area contributed by atoms with E-state index in [1.165, 1.54) is 3.57 Å². The number of benzene rings is 2. The molecule has 0 saturated carbocycles. The number of aromatic nitrogens is 3. The van der Waals surface area contributed by atoms with Crippen molar-refractivity contribution < 1.29 is 0 Å². The van der Waals surface area contributed by atoms with Gasteiger partial charge in [-0.2, -0.15) is 10.1 Å². The zero-order valence-electron chi connectivity index (χ0n) is 13.2. The van der Waals surface area contributed by atoms with E-state index < -0.39 is 0 Å². The molecule has 25 heavy (non-hydrogen) atoms. The van der Waals surface area contributed by atoms with Crippen LogP contribution in [0.2, 0.25) is 10.0 Å². The summed E-state index contributed by atoms with van der Waals surface area (Å²) >= 11 is 14.8. The number of rotatable bonds is 2. The SMILES string of the molecule is Cc1nc2n(n1)C(c1ccc(Cl)cc1Cl)C=C(c1ccc(I)cc1)N2. The predicted molar refractivity (Wildman–Crippen MR) is 110 cm³/mol. The highest BCUT2D eigenvalue weighted by atomic mass is 127. The first-order valence-corrected chi connectivity index (χ1v) is 9.47. The zero-order chi connectivity index (χ0) is 17.6. The molecule has 1 aromatic heterocycles. The van der Waals surface area contributed by atoms with Crippen LogP contribution >= 0.6 is 45.8 Å². The van der Waals surface area contributed by atoms with Crippen molar-refractivity contribution in [2.45, 2.75) is 13.0 Å². The van der Waals surface area contributed by atoms with Crippen molar-refractivity contribution in [3.05, 3.63) is 79.1 Å². The van der Waals surface area contributed by atoms with Crippen molar-refractivity contribution in [3.8, 4) is 0 Å². The third-order valence-electron chi connectivity index (χ3n) is 4.01. The highest BCUT2D eigenvalue weighted by Gasteiger charge is 2.26. The number of aryl methyl sites for hydroxylation is 1. The van der Waals surface area contributed by atoms with Crippen LogP contribution in [0, 0.1) is 10.5 Å². The van der Waals surface area contributed by atoms with Crippen molar-refractivity contribution >= 4 is 57.4 Å². The van der Waals surface area contributed by atoms with Gasteiger partial charge in [0.15, 0.2) is 0 Å². The van der Waals surface area contributed by atoms with Gasteiger partial charge in [0.2, 0.25) is 5.95 Å². The van der Waals surface area contributed by atoms with E-state index in [-0.39, 0.29) is 6.04 Å². The molecule has 0 spiro atoms. The number of allylic oxidation sites excluding steroid dienone is 1. The van der Waals surface area contributed by atoms with Gasteiger partial charge >= 0.3 is 0 Å². The summed E-state index contributed by atoms with van der Waals surface area (Å²) in [5.74, 6) is 1.40. The Hall–Kier alpha value is -1.57. The zero-order valence-corrected chi connectivity index (χ0v) is 16.8. The Morgan fingerprint density at radius 3 is 2.60 bits per heavy atom. The normalized spacial score (nSPS) is 16.2. The quantitative estimate of drug-likeness (QED) is 0.486. The van der Waals surface area contributed by atoms with Crippen LogP contribution in [0.5, 0.6) is 0 Å². The smallest absolute Gasteiger partial charge is 0.226 e.